The normalized spacial score (nSPS) is 11.9. The molecule has 1 aromatic heterocycles. The zero-order valence-corrected chi connectivity index (χ0v) is 21.3. The molecule has 2 N–H and O–H groups in total. The van der Waals surface area contributed by atoms with Crippen molar-refractivity contribution in [2.75, 3.05) is 4.72 Å². The van der Waals surface area contributed by atoms with Crippen LogP contribution < -0.4 is 10.0 Å². The first-order valence-electron chi connectivity index (χ1n) is 10.8. The number of nitrogens with zero attached hydrogens (tertiary/aromatic N) is 2. The van der Waals surface area contributed by atoms with Crippen LogP contribution in [0, 0.1) is 0 Å². The third kappa shape index (κ3) is 6.58. The van der Waals surface area contributed by atoms with Crippen molar-refractivity contribution in [2.45, 2.75) is 24.2 Å². The molecule has 0 aliphatic heterocycles. The van der Waals surface area contributed by atoms with Crippen LogP contribution in [0.2, 0.25) is 10.0 Å². The zero-order chi connectivity index (χ0) is 26.6. The molecular formula is C25H19Cl2F3N4O2S. The molecule has 0 spiro atoms. The number of nitrogens with one attached hydrogen (secondary N) is 2. The summed E-state index contributed by atoms with van der Waals surface area (Å²) >= 11 is 12.1. The van der Waals surface area contributed by atoms with Crippen molar-refractivity contribution >= 4 is 39.0 Å². The summed E-state index contributed by atoms with van der Waals surface area (Å²) in [4.78, 5) is 7.30. The summed E-state index contributed by atoms with van der Waals surface area (Å²) in [7, 11) is -4.61. The van der Waals surface area contributed by atoms with Gasteiger partial charge in [-0.2, -0.15) is 13.2 Å². The molecule has 0 aliphatic rings. The Bertz CT molecular complexity index is 1520. The van der Waals surface area contributed by atoms with E-state index in [-0.39, 0.29) is 11.5 Å². The summed E-state index contributed by atoms with van der Waals surface area (Å²) < 4.78 is 68.1. The topological polar surface area (TPSA) is 84.0 Å². The van der Waals surface area contributed by atoms with Gasteiger partial charge in [0.05, 0.1) is 10.5 Å². The minimum absolute atomic E-state index is 0.169. The van der Waals surface area contributed by atoms with Gasteiger partial charge >= 0.3 is 6.18 Å². The number of hydrogen-bond acceptors (Lipinski definition) is 5. The van der Waals surface area contributed by atoms with Crippen LogP contribution in [0.4, 0.5) is 19.0 Å². The highest BCUT2D eigenvalue weighted by Crippen LogP contribution is 2.35. The third-order valence-corrected chi connectivity index (χ3v) is 7.28. The van der Waals surface area contributed by atoms with E-state index in [2.05, 4.69) is 20.0 Å². The molecule has 0 saturated carbocycles. The fourth-order valence-electron chi connectivity index (χ4n) is 3.53. The Morgan fingerprint density at radius 2 is 1.57 bits per heavy atom. The lowest BCUT2D eigenvalue weighted by Crippen LogP contribution is -2.20. The van der Waals surface area contributed by atoms with E-state index in [1.807, 2.05) is 18.2 Å². The molecule has 3 aromatic carbocycles. The fraction of sp³-hybridized carbons (Fsp3) is 0.120. The predicted octanol–water partition coefficient (Wildman–Crippen LogP) is 6.56. The highest BCUT2D eigenvalue weighted by molar-refractivity contribution is 7.92. The molecule has 0 saturated heterocycles. The van der Waals surface area contributed by atoms with Crippen LogP contribution in [0.25, 0.3) is 11.3 Å². The van der Waals surface area contributed by atoms with Crippen LogP contribution in [0.5, 0.6) is 0 Å². The summed E-state index contributed by atoms with van der Waals surface area (Å²) in [5.74, 6) is -0.192. The van der Waals surface area contributed by atoms with Gasteiger partial charge in [0.25, 0.3) is 10.0 Å². The van der Waals surface area contributed by atoms with Crippen molar-refractivity contribution in [2.24, 2.45) is 0 Å². The van der Waals surface area contributed by atoms with E-state index in [0.29, 0.717) is 34.8 Å². The second-order valence-electron chi connectivity index (χ2n) is 7.89. The Balaban J connectivity index is 1.51. The Labute approximate surface area is 221 Å². The van der Waals surface area contributed by atoms with E-state index >= 15 is 0 Å². The minimum atomic E-state index is -4.85. The summed E-state index contributed by atoms with van der Waals surface area (Å²) in [6.45, 7) is 1.04. The number of alkyl halides is 3. The number of halogens is 5. The molecule has 4 aromatic rings. The first-order chi connectivity index (χ1) is 17.5. The lowest BCUT2D eigenvalue weighted by Gasteiger charge is -2.15. The van der Waals surface area contributed by atoms with E-state index in [0.717, 1.165) is 23.3 Å². The summed E-state index contributed by atoms with van der Waals surface area (Å²) in [6, 6.07) is 16.3. The van der Waals surface area contributed by atoms with Gasteiger partial charge in [-0.05, 0) is 35.4 Å². The average Bonchev–Trinajstić information content (AvgIpc) is 2.85. The largest absolute Gasteiger partial charge is 0.417 e. The molecule has 0 unspecified atom stereocenters. The molecule has 0 radical (unpaired) electrons. The second-order valence-corrected chi connectivity index (χ2v) is 10.4. The van der Waals surface area contributed by atoms with Gasteiger partial charge in [0.2, 0.25) is 0 Å². The van der Waals surface area contributed by atoms with E-state index in [1.165, 1.54) is 18.5 Å². The molecule has 37 heavy (non-hydrogen) atoms. The third-order valence-electron chi connectivity index (χ3n) is 5.30. The zero-order valence-electron chi connectivity index (χ0n) is 18.9. The number of benzene rings is 3. The molecule has 0 fully saturated rings. The molecule has 1 heterocycles. The summed E-state index contributed by atoms with van der Waals surface area (Å²) in [5.41, 5.74) is 1.25. The SMILES string of the molecule is O=S(=O)(Nc1nccnc1-c1ccc(CNCc2ccc(Cl)cc2Cl)cc1)c1ccccc1C(F)(F)F. The molecule has 4 rings (SSSR count). The fourth-order valence-corrected chi connectivity index (χ4v) is 5.25. The van der Waals surface area contributed by atoms with Gasteiger partial charge in [-0.1, -0.05) is 65.7 Å². The number of anilines is 1. The van der Waals surface area contributed by atoms with Gasteiger partial charge in [-0.25, -0.2) is 13.4 Å². The molecular weight excluding hydrogens is 548 g/mol. The van der Waals surface area contributed by atoms with Crippen molar-refractivity contribution in [1.82, 2.24) is 15.3 Å². The second kappa shape index (κ2) is 11.1. The lowest BCUT2D eigenvalue weighted by molar-refractivity contribution is -0.139. The Hall–Kier alpha value is -3.18. The van der Waals surface area contributed by atoms with Gasteiger partial charge in [-0.15, -0.1) is 0 Å². The van der Waals surface area contributed by atoms with Gasteiger partial charge in [0.15, 0.2) is 5.82 Å². The molecule has 12 heteroatoms. The van der Waals surface area contributed by atoms with Crippen molar-refractivity contribution in [1.29, 1.82) is 0 Å². The maximum atomic E-state index is 13.4. The molecule has 0 aliphatic carbocycles. The van der Waals surface area contributed by atoms with E-state index in [9.17, 15) is 21.6 Å². The van der Waals surface area contributed by atoms with E-state index in [1.54, 1.807) is 24.3 Å². The molecule has 192 valence electrons. The lowest BCUT2D eigenvalue weighted by atomic mass is 10.1. The Morgan fingerprint density at radius 3 is 2.27 bits per heavy atom. The summed E-state index contributed by atoms with van der Waals surface area (Å²) in [6.07, 6.45) is -2.24. The minimum Gasteiger partial charge on any atom is -0.309 e. The number of aromatic nitrogens is 2. The van der Waals surface area contributed by atoms with Gasteiger partial charge < -0.3 is 5.32 Å². The van der Waals surface area contributed by atoms with Gasteiger partial charge in [-0.3, -0.25) is 9.71 Å². The maximum Gasteiger partial charge on any atom is 0.417 e. The van der Waals surface area contributed by atoms with Crippen LogP contribution in [-0.2, 0) is 29.3 Å². The average molecular weight is 567 g/mol. The number of sulfonamides is 1. The smallest absolute Gasteiger partial charge is 0.309 e. The van der Waals surface area contributed by atoms with Crippen LogP contribution in [0.3, 0.4) is 0 Å². The summed E-state index contributed by atoms with van der Waals surface area (Å²) in [5, 5.41) is 4.39. The molecule has 6 nitrogen and oxygen atoms in total. The first kappa shape index (κ1) is 26.9. The van der Waals surface area contributed by atoms with Crippen molar-refractivity contribution in [3.05, 3.63) is 106 Å². The number of hydrogen-bond donors (Lipinski definition) is 2. The van der Waals surface area contributed by atoms with E-state index < -0.39 is 26.7 Å². The molecule has 0 amide bonds. The van der Waals surface area contributed by atoms with Crippen LogP contribution in [0.15, 0.2) is 84.0 Å². The quantitative estimate of drug-likeness (QED) is 0.252. The van der Waals surface area contributed by atoms with Crippen LogP contribution in [0.1, 0.15) is 16.7 Å². The van der Waals surface area contributed by atoms with Crippen LogP contribution in [-0.4, -0.2) is 18.4 Å². The van der Waals surface area contributed by atoms with Crippen molar-refractivity contribution < 1.29 is 21.6 Å². The van der Waals surface area contributed by atoms with Crippen LogP contribution >= 0.6 is 23.2 Å². The standard InChI is InChI=1S/C25H19Cl2F3N4O2S/c26-19-10-9-18(21(27)13-19)15-31-14-16-5-7-17(8-6-16)23-24(33-12-11-32-23)34-37(35,36)22-4-2-1-3-20(22)25(28,29)30/h1-13,31H,14-15H2,(H,33,34). The van der Waals surface area contributed by atoms with Crippen molar-refractivity contribution in [3.63, 3.8) is 0 Å². The first-order valence-corrected chi connectivity index (χ1v) is 13.0. The van der Waals surface area contributed by atoms with Gasteiger partial charge in [0.1, 0.15) is 5.69 Å². The Kier molecular flexibility index (Phi) is 8.03. The predicted molar refractivity (Wildman–Crippen MR) is 137 cm³/mol. The number of rotatable bonds is 8. The maximum absolute atomic E-state index is 13.4. The van der Waals surface area contributed by atoms with Crippen molar-refractivity contribution in [3.8, 4) is 11.3 Å². The molecule has 0 atom stereocenters. The van der Waals surface area contributed by atoms with E-state index in [4.69, 9.17) is 23.2 Å². The van der Waals surface area contributed by atoms with Gasteiger partial charge in [0, 0.05) is 41.1 Å². The highest BCUT2D eigenvalue weighted by Gasteiger charge is 2.37. The highest BCUT2D eigenvalue weighted by atomic mass is 35.5. The monoisotopic (exact) mass is 566 g/mol. The Morgan fingerprint density at radius 1 is 0.865 bits per heavy atom. The molecule has 0 bridgehead atoms.